The van der Waals surface area contributed by atoms with Crippen molar-refractivity contribution in [1.82, 2.24) is 34.7 Å². The van der Waals surface area contributed by atoms with Gasteiger partial charge in [0.2, 0.25) is 0 Å². The van der Waals surface area contributed by atoms with Gasteiger partial charge in [-0.25, -0.2) is 9.97 Å². The zero-order valence-corrected chi connectivity index (χ0v) is 19.5. The fourth-order valence-corrected chi connectivity index (χ4v) is 4.23. The average Bonchev–Trinajstić information content (AvgIpc) is 3.61. The van der Waals surface area contributed by atoms with Gasteiger partial charge in [0.25, 0.3) is 0 Å². The molecule has 0 bridgehead atoms. The summed E-state index contributed by atoms with van der Waals surface area (Å²) in [4.78, 5) is 17.2. The third-order valence-electron chi connectivity index (χ3n) is 6.08. The second-order valence-electron chi connectivity index (χ2n) is 8.55. The monoisotopic (exact) mass is 460 g/mol. The molecule has 0 aliphatic heterocycles. The molecule has 0 spiro atoms. The molecule has 0 amide bonds. The van der Waals surface area contributed by atoms with Crippen LogP contribution in [-0.4, -0.2) is 34.7 Å². The fourth-order valence-electron chi connectivity index (χ4n) is 4.23. The van der Waals surface area contributed by atoms with E-state index in [2.05, 4.69) is 62.2 Å². The molecule has 6 aromatic rings. The number of hydrogen-bond donors (Lipinski definition) is 3. The Bertz CT molecular complexity index is 1700. The summed E-state index contributed by atoms with van der Waals surface area (Å²) in [5, 5.41) is 12.1. The highest BCUT2D eigenvalue weighted by atomic mass is 15.1. The average molecular weight is 461 g/mol. The van der Waals surface area contributed by atoms with Gasteiger partial charge in [0.05, 0.1) is 46.5 Å². The molecule has 0 unspecified atom stereocenters. The fraction of sp³-hybridized carbons (Fsp3) is 0.111. The molecule has 5 aromatic heterocycles. The highest BCUT2D eigenvalue weighted by Gasteiger charge is 2.15. The minimum atomic E-state index is 0.771. The van der Waals surface area contributed by atoms with E-state index in [0.29, 0.717) is 0 Å². The molecular formula is C27H24N8. The first-order valence-electron chi connectivity index (χ1n) is 11.5. The number of nitrogens with zero attached hydrogens (tertiary/aromatic N) is 5. The Morgan fingerprint density at radius 3 is 2.86 bits per heavy atom. The van der Waals surface area contributed by atoms with Crippen molar-refractivity contribution in [1.29, 1.82) is 0 Å². The van der Waals surface area contributed by atoms with Gasteiger partial charge in [-0.05, 0) is 49.7 Å². The Morgan fingerprint density at radius 2 is 2.03 bits per heavy atom. The number of fused-ring (bicyclic) bond motifs is 2. The lowest BCUT2D eigenvalue weighted by molar-refractivity contribution is 1.07. The minimum Gasteiger partial charge on any atom is -0.358 e. The first-order valence-corrected chi connectivity index (χ1v) is 11.5. The van der Waals surface area contributed by atoms with Gasteiger partial charge >= 0.3 is 0 Å². The predicted molar refractivity (Wildman–Crippen MR) is 139 cm³/mol. The molecule has 8 heteroatoms. The molecule has 6 rings (SSSR count). The van der Waals surface area contributed by atoms with Crippen molar-refractivity contribution in [3.63, 3.8) is 0 Å². The molecule has 0 aliphatic carbocycles. The molecule has 0 saturated heterocycles. The first-order chi connectivity index (χ1) is 17.1. The van der Waals surface area contributed by atoms with Crippen molar-refractivity contribution < 1.29 is 0 Å². The van der Waals surface area contributed by atoms with E-state index in [4.69, 9.17) is 4.98 Å². The Hall–Kier alpha value is -4.72. The van der Waals surface area contributed by atoms with Gasteiger partial charge in [-0.2, -0.15) is 5.10 Å². The van der Waals surface area contributed by atoms with Crippen LogP contribution in [0, 0.1) is 6.92 Å². The number of hydrogen-bond acceptors (Lipinski definition) is 5. The lowest BCUT2D eigenvalue weighted by atomic mass is 10.1. The third-order valence-corrected chi connectivity index (χ3v) is 6.08. The highest BCUT2D eigenvalue weighted by molar-refractivity contribution is 5.97. The standard InChI is InChI=1S/C27H24N8/c1-4-16(2)30-19-10-18(12-28-13-19)21-8-9-23-26(32-21)27(34-33-23)24-11-20-22(31-24)6-5-7-25(20)35-14-17(3)29-15-35/h5-15,30-31H,2,4H2,1,3H3,(H,33,34). The molecule has 172 valence electrons. The van der Waals surface area contributed by atoms with Crippen LogP contribution >= 0.6 is 0 Å². The molecule has 0 aliphatic rings. The summed E-state index contributed by atoms with van der Waals surface area (Å²) in [5.41, 5.74) is 9.96. The van der Waals surface area contributed by atoms with E-state index in [1.54, 1.807) is 6.20 Å². The van der Waals surface area contributed by atoms with Crippen LogP contribution in [0.5, 0.6) is 0 Å². The Labute approximate surface area is 201 Å². The van der Waals surface area contributed by atoms with Crippen LogP contribution in [0.2, 0.25) is 0 Å². The van der Waals surface area contributed by atoms with E-state index >= 15 is 0 Å². The molecule has 0 fully saturated rings. The number of nitrogens with one attached hydrogen (secondary N) is 3. The van der Waals surface area contributed by atoms with E-state index in [-0.39, 0.29) is 0 Å². The minimum absolute atomic E-state index is 0.771. The highest BCUT2D eigenvalue weighted by Crippen LogP contribution is 2.32. The Morgan fingerprint density at radius 1 is 1.11 bits per heavy atom. The number of imidazole rings is 1. The zero-order valence-electron chi connectivity index (χ0n) is 19.5. The van der Waals surface area contributed by atoms with Gasteiger partial charge in [0.15, 0.2) is 0 Å². The summed E-state index contributed by atoms with van der Waals surface area (Å²) in [7, 11) is 0. The number of anilines is 1. The van der Waals surface area contributed by atoms with Gasteiger partial charge in [0.1, 0.15) is 11.2 Å². The van der Waals surface area contributed by atoms with Crippen LogP contribution in [0.25, 0.3) is 50.3 Å². The summed E-state index contributed by atoms with van der Waals surface area (Å²) in [5.74, 6) is 0. The van der Waals surface area contributed by atoms with Crippen molar-refractivity contribution in [3.8, 4) is 28.3 Å². The van der Waals surface area contributed by atoms with Crippen molar-refractivity contribution in [3.05, 3.63) is 85.4 Å². The van der Waals surface area contributed by atoms with Crippen molar-refractivity contribution in [2.45, 2.75) is 20.3 Å². The number of aromatic amines is 2. The van der Waals surface area contributed by atoms with Gasteiger partial charge in [0, 0.05) is 34.6 Å². The number of rotatable bonds is 6. The second kappa shape index (κ2) is 8.25. The maximum atomic E-state index is 4.96. The topological polar surface area (TPSA) is 100 Å². The van der Waals surface area contributed by atoms with Gasteiger partial charge in [-0.15, -0.1) is 0 Å². The van der Waals surface area contributed by atoms with E-state index in [1.807, 2.05) is 54.5 Å². The molecule has 35 heavy (non-hydrogen) atoms. The SMILES string of the molecule is C=C(CC)Nc1cncc(-c2ccc3[nH]nc(-c4cc5c(-n6cnc(C)c6)cccc5[nH]4)c3n2)c1. The van der Waals surface area contributed by atoms with Crippen LogP contribution < -0.4 is 5.32 Å². The van der Waals surface area contributed by atoms with Crippen LogP contribution in [0.3, 0.4) is 0 Å². The number of allylic oxidation sites excluding steroid dienone is 1. The zero-order chi connectivity index (χ0) is 23.9. The third kappa shape index (κ3) is 3.74. The Kier molecular flexibility index (Phi) is 4.92. The summed E-state index contributed by atoms with van der Waals surface area (Å²) in [6.45, 7) is 8.07. The van der Waals surface area contributed by atoms with Gasteiger partial charge in [-0.1, -0.05) is 19.6 Å². The van der Waals surface area contributed by atoms with Crippen LogP contribution in [0.15, 0.2) is 79.7 Å². The number of benzene rings is 1. The normalized spacial score (nSPS) is 11.4. The maximum absolute atomic E-state index is 4.96. The number of aryl methyl sites for hydroxylation is 1. The lowest BCUT2D eigenvalue weighted by Crippen LogP contribution is -1.97. The molecule has 1 aromatic carbocycles. The smallest absolute Gasteiger partial charge is 0.135 e. The van der Waals surface area contributed by atoms with Crippen LogP contribution in [-0.2, 0) is 0 Å². The van der Waals surface area contributed by atoms with E-state index in [1.165, 1.54) is 0 Å². The molecule has 0 saturated carbocycles. The summed E-state index contributed by atoms with van der Waals surface area (Å²) in [6.07, 6.45) is 8.30. The van der Waals surface area contributed by atoms with Gasteiger partial charge in [-0.3, -0.25) is 10.1 Å². The molecule has 8 nitrogen and oxygen atoms in total. The second-order valence-corrected chi connectivity index (χ2v) is 8.55. The largest absolute Gasteiger partial charge is 0.358 e. The predicted octanol–water partition coefficient (Wildman–Crippen LogP) is 6.00. The molecular weight excluding hydrogens is 436 g/mol. The molecule has 0 atom stereocenters. The van der Waals surface area contributed by atoms with Crippen molar-refractivity contribution in [2.75, 3.05) is 5.32 Å². The summed E-state index contributed by atoms with van der Waals surface area (Å²) in [6, 6.07) is 14.3. The molecule has 5 heterocycles. The number of H-pyrrole nitrogens is 2. The number of aromatic nitrogens is 7. The van der Waals surface area contributed by atoms with Crippen molar-refractivity contribution >= 4 is 27.6 Å². The lowest BCUT2D eigenvalue weighted by Gasteiger charge is -2.08. The molecule has 0 radical (unpaired) electrons. The maximum Gasteiger partial charge on any atom is 0.135 e. The van der Waals surface area contributed by atoms with Crippen LogP contribution in [0.1, 0.15) is 19.0 Å². The van der Waals surface area contributed by atoms with E-state index in [0.717, 1.165) is 73.8 Å². The Balaban J connectivity index is 1.43. The first kappa shape index (κ1) is 20.9. The van der Waals surface area contributed by atoms with E-state index < -0.39 is 0 Å². The quantitative estimate of drug-likeness (QED) is 0.283. The van der Waals surface area contributed by atoms with Crippen LogP contribution in [0.4, 0.5) is 5.69 Å². The van der Waals surface area contributed by atoms with Gasteiger partial charge < -0.3 is 14.9 Å². The molecule has 3 N–H and O–H groups in total. The van der Waals surface area contributed by atoms with E-state index in [9.17, 15) is 0 Å². The summed E-state index contributed by atoms with van der Waals surface area (Å²) < 4.78 is 2.04. The number of pyridine rings is 2. The summed E-state index contributed by atoms with van der Waals surface area (Å²) >= 11 is 0. The van der Waals surface area contributed by atoms with Crippen molar-refractivity contribution in [2.24, 2.45) is 0 Å².